The average Bonchev–Trinajstić information content (AvgIpc) is 2.28. The molecule has 0 aromatic heterocycles. The molecule has 100 valence electrons. The molecule has 0 aliphatic carbocycles. The van der Waals surface area contributed by atoms with Gasteiger partial charge in [-0.25, -0.2) is 4.79 Å². The summed E-state index contributed by atoms with van der Waals surface area (Å²) >= 11 is 0. The van der Waals surface area contributed by atoms with Crippen LogP contribution in [0.15, 0.2) is 24.3 Å². The van der Waals surface area contributed by atoms with Gasteiger partial charge in [0.2, 0.25) is 0 Å². The standard InChI is InChI=1S/C13H19NO4/c1-13(17,12(15)16)9-14(2)8-10-5-4-6-11(7-10)18-3/h4-7,17H,8-9H2,1-3H3,(H,15,16). The van der Waals surface area contributed by atoms with Crippen LogP contribution in [0.1, 0.15) is 12.5 Å². The first-order chi connectivity index (χ1) is 8.35. The van der Waals surface area contributed by atoms with Crippen LogP contribution in [0.4, 0.5) is 0 Å². The van der Waals surface area contributed by atoms with Crippen molar-refractivity contribution in [2.45, 2.75) is 19.1 Å². The first-order valence-corrected chi connectivity index (χ1v) is 5.62. The van der Waals surface area contributed by atoms with E-state index in [0.717, 1.165) is 11.3 Å². The maximum atomic E-state index is 10.8. The van der Waals surface area contributed by atoms with Crippen molar-refractivity contribution in [3.63, 3.8) is 0 Å². The molecule has 1 atom stereocenters. The van der Waals surface area contributed by atoms with E-state index in [4.69, 9.17) is 9.84 Å². The lowest BCUT2D eigenvalue weighted by Gasteiger charge is -2.25. The molecule has 1 aromatic rings. The van der Waals surface area contributed by atoms with Gasteiger partial charge < -0.3 is 14.9 Å². The molecule has 1 unspecified atom stereocenters. The zero-order valence-corrected chi connectivity index (χ0v) is 10.9. The highest BCUT2D eigenvalue weighted by atomic mass is 16.5. The Kier molecular flexibility index (Phi) is 4.69. The van der Waals surface area contributed by atoms with E-state index in [2.05, 4.69) is 0 Å². The molecule has 1 rings (SSSR count). The Hall–Kier alpha value is -1.59. The number of carboxylic acid groups (broad SMARTS) is 1. The van der Waals surface area contributed by atoms with Gasteiger partial charge in [0, 0.05) is 13.1 Å². The van der Waals surface area contributed by atoms with Crippen molar-refractivity contribution in [1.82, 2.24) is 4.90 Å². The molecule has 5 nitrogen and oxygen atoms in total. The van der Waals surface area contributed by atoms with Gasteiger partial charge in [0.25, 0.3) is 0 Å². The highest BCUT2D eigenvalue weighted by molar-refractivity contribution is 5.76. The zero-order valence-electron chi connectivity index (χ0n) is 10.9. The van der Waals surface area contributed by atoms with Crippen LogP contribution in [0.5, 0.6) is 5.75 Å². The summed E-state index contributed by atoms with van der Waals surface area (Å²) in [6.07, 6.45) is 0. The fourth-order valence-corrected chi connectivity index (χ4v) is 1.73. The summed E-state index contributed by atoms with van der Waals surface area (Å²) in [6, 6.07) is 7.52. The van der Waals surface area contributed by atoms with Crippen molar-refractivity contribution in [3.05, 3.63) is 29.8 Å². The first kappa shape index (κ1) is 14.5. The summed E-state index contributed by atoms with van der Waals surface area (Å²) < 4.78 is 5.11. The second kappa shape index (κ2) is 5.84. The summed E-state index contributed by atoms with van der Waals surface area (Å²) in [6.45, 7) is 1.89. The van der Waals surface area contributed by atoms with Crippen LogP contribution in [0.25, 0.3) is 0 Å². The molecule has 0 aliphatic rings. The minimum atomic E-state index is -1.74. The van der Waals surface area contributed by atoms with Crippen LogP contribution >= 0.6 is 0 Å². The van der Waals surface area contributed by atoms with Gasteiger partial charge in [-0.15, -0.1) is 0 Å². The van der Waals surface area contributed by atoms with Gasteiger partial charge in [-0.2, -0.15) is 0 Å². The number of aliphatic hydroxyl groups is 1. The molecule has 1 aromatic carbocycles. The summed E-state index contributed by atoms with van der Waals surface area (Å²) in [5, 5.41) is 18.5. The van der Waals surface area contributed by atoms with Crippen molar-refractivity contribution >= 4 is 5.97 Å². The number of ether oxygens (including phenoxy) is 1. The molecule has 0 saturated carbocycles. The molecule has 0 saturated heterocycles. The summed E-state index contributed by atoms with van der Waals surface area (Å²) in [4.78, 5) is 12.6. The minimum Gasteiger partial charge on any atom is -0.497 e. The SMILES string of the molecule is COc1cccc(CN(C)CC(C)(O)C(=O)O)c1. The van der Waals surface area contributed by atoms with Gasteiger partial charge in [0.15, 0.2) is 5.60 Å². The van der Waals surface area contributed by atoms with E-state index < -0.39 is 11.6 Å². The molecule has 0 amide bonds. The molecule has 0 radical (unpaired) electrons. The maximum absolute atomic E-state index is 10.8. The van der Waals surface area contributed by atoms with Crippen LogP contribution in [0, 0.1) is 0 Å². The molecule has 18 heavy (non-hydrogen) atoms. The third kappa shape index (κ3) is 4.01. The van der Waals surface area contributed by atoms with Gasteiger partial charge in [0.1, 0.15) is 5.75 Å². The molecule has 0 spiro atoms. The predicted octanol–water partition coefficient (Wildman–Crippen LogP) is 0.963. The van der Waals surface area contributed by atoms with E-state index >= 15 is 0 Å². The number of nitrogens with zero attached hydrogens (tertiary/aromatic N) is 1. The van der Waals surface area contributed by atoms with Gasteiger partial charge in [0.05, 0.1) is 7.11 Å². The smallest absolute Gasteiger partial charge is 0.336 e. The third-order valence-electron chi connectivity index (χ3n) is 2.63. The van der Waals surface area contributed by atoms with E-state index in [9.17, 15) is 9.90 Å². The predicted molar refractivity (Wildman–Crippen MR) is 67.6 cm³/mol. The number of carboxylic acids is 1. The second-order valence-corrected chi connectivity index (χ2v) is 4.60. The maximum Gasteiger partial charge on any atom is 0.336 e. The minimum absolute atomic E-state index is 0.0551. The Morgan fingerprint density at radius 3 is 2.72 bits per heavy atom. The average molecular weight is 253 g/mol. The topological polar surface area (TPSA) is 70.0 Å². The Morgan fingerprint density at radius 1 is 1.50 bits per heavy atom. The van der Waals surface area contributed by atoms with Gasteiger partial charge in [-0.1, -0.05) is 12.1 Å². The first-order valence-electron chi connectivity index (χ1n) is 5.62. The number of hydrogen-bond acceptors (Lipinski definition) is 4. The Balaban J connectivity index is 2.64. The van der Waals surface area contributed by atoms with E-state index in [-0.39, 0.29) is 6.54 Å². The van der Waals surface area contributed by atoms with Crippen LogP contribution < -0.4 is 4.74 Å². The number of carbonyl (C=O) groups is 1. The zero-order chi connectivity index (χ0) is 13.8. The van der Waals surface area contributed by atoms with E-state index in [1.165, 1.54) is 6.92 Å². The lowest BCUT2D eigenvalue weighted by atomic mass is 10.1. The van der Waals surface area contributed by atoms with Crippen molar-refractivity contribution in [2.75, 3.05) is 20.7 Å². The number of methoxy groups -OCH3 is 1. The van der Waals surface area contributed by atoms with Crippen molar-refractivity contribution in [1.29, 1.82) is 0 Å². The van der Waals surface area contributed by atoms with E-state index in [1.807, 2.05) is 24.3 Å². The third-order valence-corrected chi connectivity index (χ3v) is 2.63. The molecular formula is C13H19NO4. The van der Waals surface area contributed by atoms with Crippen molar-refractivity contribution in [3.8, 4) is 5.75 Å². The number of hydrogen-bond donors (Lipinski definition) is 2. The summed E-state index contributed by atoms with van der Waals surface area (Å²) in [5.41, 5.74) is -0.744. The van der Waals surface area contributed by atoms with Crippen LogP contribution in [0.2, 0.25) is 0 Å². The summed E-state index contributed by atoms with van der Waals surface area (Å²) in [7, 11) is 3.36. The highest BCUT2D eigenvalue weighted by Gasteiger charge is 2.31. The van der Waals surface area contributed by atoms with E-state index in [0.29, 0.717) is 6.54 Å². The number of likely N-dealkylation sites (N-methyl/N-ethyl adjacent to an activating group) is 1. The van der Waals surface area contributed by atoms with Gasteiger partial charge >= 0.3 is 5.97 Å². The molecular weight excluding hydrogens is 234 g/mol. The number of aliphatic carboxylic acids is 1. The monoisotopic (exact) mass is 253 g/mol. The van der Waals surface area contributed by atoms with Gasteiger partial charge in [-0.3, -0.25) is 4.90 Å². The largest absolute Gasteiger partial charge is 0.497 e. The molecule has 0 aliphatic heterocycles. The molecule has 5 heteroatoms. The molecule has 2 N–H and O–H groups in total. The van der Waals surface area contributed by atoms with Crippen LogP contribution in [-0.4, -0.2) is 47.4 Å². The number of benzene rings is 1. The van der Waals surface area contributed by atoms with Crippen molar-refractivity contribution in [2.24, 2.45) is 0 Å². The molecule has 0 heterocycles. The molecule has 0 bridgehead atoms. The summed E-state index contributed by atoms with van der Waals surface area (Å²) in [5.74, 6) is -0.467. The quantitative estimate of drug-likeness (QED) is 0.790. The fraction of sp³-hybridized carbons (Fsp3) is 0.462. The van der Waals surface area contributed by atoms with Crippen molar-refractivity contribution < 1.29 is 19.7 Å². The lowest BCUT2D eigenvalue weighted by Crippen LogP contribution is -2.45. The molecule has 0 fully saturated rings. The van der Waals surface area contributed by atoms with Gasteiger partial charge in [-0.05, 0) is 31.7 Å². The Morgan fingerprint density at radius 2 is 2.17 bits per heavy atom. The van der Waals surface area contributed by atoms with E-state index in [1.54, 1.807) is 19.1 Å². The van der Waals surface area contributed by atoms with Crippen LogP contribution in [-0.2, 0) is 11.3 Å². The number of rotatable bonds is 6. The second-order valence-electron chi connectivity index (χ2n) is 4.60. The van der Waals surface area contributed by atoms with Crippen LogP contribution in [0.3, 0.4) is 0 Å². The Bertz CT molecular complexity index is 417. The Labute approximate surface area is 107 Å². The normalized spacial score (nSPS) is 14.3. The fourth-order valence-electron chi connectivity index (χ4n) is 1.73. The highest BCUT2D eigenvalue weighted by Crippen LogP contribution is 2.15. The lowest BCUT2D eigenvalue weighted by molar-refractivity contribution is -0.158.